The van der Waals surface area contributed by atoms with E-state index in [4.69, 9.17) is 0 Å². The van der Waals surface area contributed by atoms with Crippen LogP contribution < -0.4 is 0 Å². The predicted octanol–water partition coefficient (Wildman–Crippen LogP) is 2.81. The zero-order valence-corrected chi connectivity index (χ0v) is 14.6. The fourth-order valence-corrected chi connectivity index (χ4v) is 3.54. The number of nitrogens with zero attached hydrogens (tertiary/aromatic N) is 4. The smallest absolute Gasteiger partial charge is 0.223 e. The number of imidazole rings is 1. The number of aromatic amines is 2. The van der Waals surface area contributed by atoms with Gasteiger partial charge in [0.2, 0.25) is 5.91 Å². The van der Waals surface area contributed by atoms with Gasteiger partial charge in [-0.3, -0.25) is 9.89 Å². The molecule has 1 aromatic carbocycles. The lowest BCUT2D eigenvalue weighted by atomic mass is 10.0. The van der Waals surface area contributed by atoms with Gasteiger partial charge in [-0.25, -0.2) is 14.4 Å². The van der Waals surface area contributed by atoms with Crippen LogP contribution in [0.3, 0.4) is 0 Å². The first-order chi connectivity index (χ1) is 12.6. The molecule has 0 radical (unpaired) electrons. The third-order valence-corrected chi connectivity index (χ3v) is 4.81. The van der Waals surface area contributed by atoms with Gasteiger partial charge in [0.25, 0.3) is 0 Å². The molecule has 8 heteroatoms. The number of rotatable bonds is 4. The number of hydrogen-bond acceptors (Lipinski definition) is 4. The van der Waals surface area contributed by atoms with E-state index >= 15 is 0 Å². The Labute approximate surface area is 150 Å². The van der Waals surface area contributed by atoms with Crippen molar-refractivity contribution < 1.29 is 9.18 Å². The van der Waals surface area contributed by atoms with E-state index in [9.17, 15) is 9.18 Å². The lowest BCUT2D eigenvalue weighted by molar-refractivity contribution is -0.135. The molecular weight excluding hydrogens is 335 g/mol. The van der Waals surface area contributed by atoms with Crippen molar-refractivity contribution in [3.05, 3.63) is 41.5 Å². The Hall–Kier alpha value is -2.77. The van der Waals surface area contributed by atoms with E-state index in [0.29, 0.717) is 30.7 Å². The number of aryl methyl sites for hydroxylation is 2. The van der Waals surface area contributed by atoms with Crippen molar-refractivity contribution in [1.82, 2.24) is 30.0 Å². The summed E-state index contributed by atoms with van der Waals surface area (Å²) < 4.78 is 13.4. The average Bonchev–Trinajstić information content (AvgIpc) is 3.25. The van der Waals surface area contributed by atoms with Crippen molar-refractivity contribution in [2.45, 2.75) is 45.1 Å². The fourth-order valence-electron chi connectivity index (χ4n) is 3.54. The minimum absolute atomic E-state index is 0.0730. The van der Waals surface area contributed by atoms with Crippen LogP contribution in [0.2, 0.25) is 0 Å². The molecule has 26 heavy (non-hydrogen) atoms. The Morgan fingerprint density at radius 2 is 2.23 bits per heavy atom. The maximum Gasteiger partial charge on any atom is 0.223 e. The zero-order chi connectivity index (χ0) is 18.1. The minimum atomic E-state index is -0.300. The highest BCUT2D eigenvalue weighted by Crippen LogP contribution is 2.31. The number of amides is 1. The summed E-state index contributed by atoms with van der Waals surface area (Å²) in [6, 6.07) is 4.40. The van der Waals surface area contributed by atoms with Crippen molar-refractivity contribution in [3.63, 3.8) is 0 Å². The molecule has 0 aliphatic carbocycles. The summed E-state index contributed by atoms with van der Waals surface area (Å²) in [6.45, 7) is 2.55. The van der Waals surface area contributed by atoms with Gasteiger partial charge in [-0.2, -0.15) is 5.10 Å². The predicted molar refractivity (Wildman–Crippen MR) is 93.8 cm³/mol. The summed E-state index contributed by atoms with van der Waals surface area (Å²) >= 11 is 0. The van der Waals surface area contributed by atoms with Gasteiger partial charge in [0.15, 0.2) is 5.82 Å². The minimum Gasteiger partial charge on any atom is -0.340 e. The summed E-state index contributed by atoms with van der Waals surface area (Å²) in [6.07, 6.45) is 3.75. The third kappa shape index (κ3) is 3.31. The summed E-state index contributed by atoms with van der Waals surface area (Å²) in [4.78, 5) is 26.7. The summed E-state index contributed by atoms with van der Waals surface area (Å²) in [5.74, 6) is 1.91. The highest BCUT2D eigenvalue weighted by Gasteiger charge is 2.30. The number of hydrogen-bond donors (Lipinski definition) is 2. The normalized spacial score (nSPS) is 17.8. The summed E-state index contributed by atoms with van der Waals surface area (Å²) in [5, 5.41) is 6.88. The topological polar surface area (TPSA) is 90.6 Å². The SMILES string of the molecule is Cc1nc(CCC(=O)N2CCCC[C@H]2c2nc3ccc(F)cc3[nH]2)n[nH]1. The molecular formula is C18H21FN6O. The molecule has 1 aliphatic heterocycles. The zero-order valence-electron chi connectivity index (χ0n) is 14.6. The van der Waals surface area contributed by atoms with Gasteiger partial charge in [0.05, 0.1) is 17.1 Å². The number of aromatic nitrogens is 5. The molecule has 4 rings (SSSR count). The molecule has 3 heterocycles. The van der Waals surface area contributed by atoms with Gasteiger partial charge < -0.3 is 9.88 Å². The molecule has 1 amide bonds. The van der Waals surface area contributed by atoms with Gasteiger partial charge in [0.1, 0.15) is 17.5 Å². The number of carbonyl (C=O) groups is 1. The average molecular weight is 356 g/mol. The first-order valence-electron chi connectivity index (χ1n) is 8.92. The Morgan fingerprint density at radius 1 is 1.35 bits per heavy atom. The monoisotopic (exact) mass is 356 g/mol. The van der Waals surface area contributed by atoms with E-state index in [1.807, 2.05) is 11.8 Å². The molecule has 1 fully saturated rings. The van der Waals surface area contributed by atoms with Gasteiger partial charge in [-0.15, -0.1) is 0 Å². The van der Waals surface area contributed by atoms with Crippen LogP contribution in [0.25, 0.3) is 11.0 Å². The second-order valence-corrected chi connectivity index (χ2v) is 6.72. The maximum atomic E-state index is 13.4. The number of H-pyrrole nitrogens is 2. The first-order valence-corrected chi connectivity index (χ1v) is 8.92. The number of fused-ring (bicyclic) bond motifs is 1. The molecule has 0 spiro atoms. The number of likely N-dealkylation sites (tertiary alicyclic amines) is 1. The second-order valence-electron chi connectivity index (χ2n) is 6.72. The molecule has 0 bridgehead atoms. The van der Waals surface area contributed by atoms with Crippen LogP contribution >= 0.6 is 0 Å². The quantitative estimate of drug-likeness (QED) is 0.752. The molecule has 0 saturated carbocycles. The molecule has 0 unspecified atom stereocenters. The molecule has 1 saturated heterocycles. The Kier molecular flexibility index (Phi) is 4.40. The van der Waals surface area contributed by atoms with E-state index in [2.05, 4.69) is 25.1 Å². The Balaban J connectivity index is 1.52. The van der Waals surface area contributed by atoms with E-state index in [-0.39, 0.29) is 17.8 Å². The fraction of sp³-hybridized carbons (Fsp3) is 0.444. The van der Waals surface area contributed by atoms with E-state index in [1.165, 1.54) is 12.1 Å². The summed E-state index contributed by atoms with van der Waals surface area (Å²) in [5.41, 5.74) is 1.38. The molecule has 1 aliphatic rings. The number of nitrogens with one attached hydrogen (secondary N) is 2. The van der Waals surface area contributed by atoms with Crippen LogP contribution in [0.15, 0.2) is 18.2 Å². The van der Waals surface area contributed by atoms with E-state index < -0.39 is 0 Å². The second kappa shape index (κ2) is 6.86. The van der Waals surface area contributed by atoms with Crippen molar-refractivity contribution in [3.8, 4) is 0 Å². The first kappa shape index (κ1) is 16.7. The van der Waals surface area contributed by atoms with Crippen molar-refractivity contribution >= 4 is 16.9 Å². The lowest BCUT2D eigenvalue weighted by Gasteiger charge is -2.34. The number of carbonyl (C=O) groups excluding carboxylic acids is 1. The lowest BCUT2D eigenvalue weighted by Crippen LogP contribution is -2.39. The maximum absolute atomic E-state index is 13.4. The molecule has 2 N–H and O–H groups in total. The van der Waals surface area contributed by atoms with Crippen LogP contribution in [0.4, 0.5) is 4.39 Å². The van der Waals surface area contributed by atoms with E-state index in [1.54, 1.807) is 6.07 Å². The van der Waals surface area contributed by atoms with E-state index in [0.717, 1.165) is 36.4 Å². The van der Waals surface area contributed by atoms with Crippen LogP contribution in [0.5, 0.6) is 0 Å². The molecule has 3 aromatic rings. The van der Waals surface area contributed by atoms with Gasteiger partial charge in [-0.1, -0.05) is 0 Å². The molecule has 2 aromatic heterocycles. The molecule has 136 valence electrons. The van der Waals surface area contributed by atoms with Crippen molar-refractivity contribution in [2.24, 2.45) is 0 Å². The largest absolute Gasteiger partial charge is 0.340 e. The van der Waals surface area contributed by atoms with Crippen LogP contribution in [0, 0.1) is 12.7 Å². The van der Waals surface area contributed by atoms with Crippen molar-refractivity contribution in [1.29, 1.82) is 0 Å². The highest BCUT2D eigenvalue weighted by molar-refractivity contribution is 5.78. The van der Waals surface area contributed by atoms with Gasteiger partial charge in [0, 0.05) is 19.4 Å². The third-order valence-electron chi connectivity index (χ3n) is 4.81. The Morgan fingerprint density at radius 3 is 3.04 bits per heavy atom. The number of piperidine rings is 1. The Bertz CT molecular complexity index is 933. The summed E-state index contributed by atoms with van der Waals surface area (Å²) in [7, 11) is 0. The number of benzene rings is 1. The van der Waals surface area contributed by atoms with Crippen molar-refractivity contribution in [2.75, 3.05) is 6.54 Å². The van der Waals surface area contributed by atoms with Crippen LogP contribution in [-0.4, -0.2) is 42.5 Å². The number of halogens is 1. The standard InChI is InChI=1S/C18H21FN6O/c1-11-20-16(24-23-11)7-8-17(26)25-9-3-2-4-15(25)18-21-13-6-5-12(19)10-14(13)22-18/h5-6,10,15H,2-4,7-9H2,1H3,(H,21,22)(H,20,23,24)/t15-/m0/s1. The van der Waals surface area contributed by atoms with Gasteiger partial charge in [-0.05, 0) is 44.4 Å². The molecule has 1 atom stereocenters. The molecule has 7 nitrogen and oxygen atoms in total. The van der Waals surface area contributed by atoms with Crippen LogP contribution in [-0.2, 0) is 11.2 Å². The van der Waals surface area contributed by atoms with Crippen LogP contribution in [0.1, 0.15) is 49.2 Å². The highest BCUT2D eigenvalue weighted by atomic mass is 19.1. The van der Waals surface area contributed by atoms with Gasteiger partial charge >= 0.3 is 0 Å².